The van der Waals surface area contributed by atoms with Gasteiger partial charge in [0.1, 0.15) is 0 Å². The molecule has 112 valence electrons. The smallest absolute Gasteiger partial charge is 0.220 e. The van der Waals surface area contributed by atoms with Gasteiger partial charge in [-0.15, -0.1) is 0 Å². The number of carbonyl (C=O) groups excluding carboxylic acids is 1. The van der Waals surface area contributed by atoms with Gasteiger partial charge in [-0.2, -0.15) is 0 Å². The number of rotatable bonds is 8. The van der Waals surface area contributed by atoms with Gasteiger partial charge < -0.3 is 10.4 Å². The fourth-order valence-electron chi connectivity index (χ4n) is 2.02. The molecule has 0 radical (unpaired) electrons. The van der Waals surface area contributed by atoms with Crippen molar-refractivity contribution in [3.63, 3.8) is 0 Å². The normalized spacial score (nSPS) is 11.4. The molecule has 0 atom stereocenters. The predicted octanol–water partition coefficient (Wildman–Crippen LogP) is 2.71. The number of nitrogens with one attached hydrogen (secondary N) is 1. The van der Waals surface area contributed by atoms with Crippen molar-refractivity contribution in [1.29, 1.82) is 0 Å². The van der Waals surface area contributed by atoms with E-state index >= 15 is 0 Å². The van der Waals surface area contributed by atoms with Crippen LogP contribution in [0.3, 0.4) is 0 Å². The number of carbonyl (C=O) groups is 1. The van der Waals surface area contributed by atoms with E-state index in [1.165, 1.54) is 11.1 Å². The Labute approximate surface area is 122 Å². The van der Waals surface area contributed by atoms with Crippen molar-refractivity contribution in [3.8, 4) is 0 Å². The Kier molecular flexibility index (Phi) is 6.73. The first-order chi connectivity index (χ1) is 9.46. The minimum atomic E-state index is -0.0484. The van der Waals surface area contributed by atoms with Crippen molar-refractivity contribution in [3.05, 3.63) is 35.4 Å². The zero-order valence-electron chi connectivity index (χ0n) is 12.9. The molecule has 0 saturated carbocycles. The molecule has 0 fully saturated rings. The van der Waals surface area contributed by atoms with E-state index in [9.17, 15) is 4.79 Å². The third kappa shape index (κ3) is 6.20. The number of hydrogen-bond acceptors (Lipinski definition) is 2. The van der Waals surface area contributed by atoms with Crippen LogP contribution in [0, 0.1) is 5.41 Å². The standard InChI is InChI=1S/C17H27NO2/c1-4-14-5-7-15(8-6-14)9-10-16(20)18-13-17(2,3)11-12-19/h5-8,19H,4,9-13H2,1-3H3,(H,18,20). The van der Waals surface area contributed by atoms with E-state index in [4.69, 9.17) is 5.11 Å². The van der Waals surface area contributed by atoms with E-state index in [1.54, 1.807) is 0 Å². The zero-order valence-corrected chi connectivity index (χ0v) is 12.9. The molecule has 3 heteroatoms. The Morgan fingerprint density at radius 3 is 2.35 bits per heavy atom. The number of aliphatic hydroxyl groups is 1. The Morgan fingerprint density at radius 2 is 1.80 bits per heavy atom. The zero-order chi connectivity index (χ0) is 15.0. The maximum Gasteiger partial charge on any atom is 0.220 e. The van der Waals surface area contributed by atoms with E-state index < -0.39 is 0 Å². The Morgan fingerprint density at radius 1 is 1.20 bits per heavy atom. The molecule has 0 aliphatic heterocycles. The SMILES string of the molecule is CCc1ccc(CCC(=O)NCC(C)(C)CCO)cc1. The Bertz CT molecular complexity index is 410. The first-order valence-corrected chi connectivity index (χ1v) is 7.42. The molecule has 1 rings (SSSR count). The van der Waals surface area contributed by atoms with Gasteiger partial charge in [0.15, 0.2) is 0 Å². The molecule has 0 saturated heterocycles. The number of benzene rings is 1. The number of aliphatic hydroxyl groups excluding tert-OH is 1. The number of amides is 1. The van der Waals surface area contributed by atoms with Crippen LogP contribution in [0.4, 0.5) is 0 Å². The van der Waals surface area contributed by atoms with Crippen LogP contribution in [-0.2, 0) is 17.6 Å². The van der Waals surface area contributed by atoms with Crippen LogP contribution in [0.25, 0.3) is 0 Å². The van der Waals surface area contributed by atoms with Crippen LogP contribution in [0.1, 0.15) is 44.7 Å². The van der Waals surface area contributed by atoms with Crippen molar-refractivity contribution >= 4 is 5.91 Å². The quantitative estimate of drug-likeness (QED) is 0.767. The van der Waals surface area contributed by atoms with E-state index in [0.29, 0.717) is 19.4 Å². The second kappa shape index (κ2) is 8.05. The molecule has 20 heavy (non-hydrogen) atoms. The third-order valence-electron chi connectivity index (χ3n) is 3.62. The van der Waals surface area contributed by atoms with Crippen molar-refractivity contribution in [2.24, 2.45) is 5.41 Å². The molecule has 0 unspecified atom stereocenters. The van der Waals surface area contributed by atoms with Gasteiger partial charge in [-0.1, -0.05) is 45.0 Å². The molecule has 0 aromatic heterocycles. The summed E-state index contributed by atoms with van der Waals surface area (Å²) < 4.78 is 0. The molecule has 0 bridgehead atoms. The average molecular weight is 277 g/mol. The summed E-state index contributed by atoms with van der Waals surface area (Å²) in [7, 11) is 0. The fourth-order valence-corrected chi connectivity index (χ4v) is 2.02. The number of hydrogen-bond donors (Lipinski definition) is 2. The molecular formula is C17H27NO2. The summed E-state index contributed by atoms with van der Waals surface area (Å²) >= 11 is 0. The molecule has 1 aromatic rings. The molecular weight excluding hydrogens is 250 g/mol. The van der Waals surface area contributed by atoms with Crippen molar-refractivity contribution in [2.75, 3.05) is 13.2 Å². The highest BCUT2D eigenvalue weighted by Gasteiger charge is 2.17. The van der Waals surface area contributed by atoms with E-state index in [2.05, 4.69) is 36.5 Å². The van der Waals surface area contributed by atoms with E-state index in [-0.39, 0.29) is 17.9 Å². The molecule has 2 N–H and O–H groups in total. The summed E-state index contributed by atoms with van der Waals surface area (Å²) in [4.78, 5) is 11.8. The molecule has 1 aromatic carbocycles. The number of aryl methyl sites for hydroxylation is 2. The fraction of sp³-hybridized carbons (Fsp3) is 0.588. The van der Waals surface area contributed by atoms with Crippen LogP contribution < -0.4 is 5.32 Å². The third-order valence-corrected chi connectivity index (χ3v) is 3.62. The predicted molar refractivity (Wildman–Crippen MR) is 82.6 cm³/mol. The minimum Gasteiger partial charge on any atom is -0.396 e. The average Bonchev–Trinajstić information content (AvgIpc) is 2.43. The molecule has 0 aliphatic rings. The first-order valence-electron chi connectivity index (χ1n) is 7.42. The maximum absolute atomic E-state index is 11.8. The van der Waals surface area contributed by atoms with Crippen LogP contribution in [0.2, 0.25) is 0 Å². The van der Waals surface area contributed by atoms with Gasteiger partial charge in [0.05, 0.1) is 0 Å². The van der Waals surface area contributed by atoms with Crippen molar-refractivity contribution in [1.82, 2.24) is 5.32 Å². The summed E-state index contributed by atoms with van der Waals surface area (Å²) in [5.74, 6) is 0.0792. The van der Waals surface area contributed by atoms with Crippen molar-refractivity contribution < 1.29 is 9.90 Å². The summed E-state index contributed by atoms with van der Waals surface area (Å²) in [5.41, 5.74) is 2.48. The van der Waals surface area contributed by atoms with Gasteiger partial charge in [0.25, 0.3) is 0 Å². The van der Waals surface area contributed by atoms with Gasteiger partial charge >= 0.3 is 0 Å². The summed E-state index contributed by atoms with van der Waals surface area (Å²) in [5, 5.41) is 11.9. The lowest BCUT2D eigenvalue weighted by Crippen LogP contribution is -2.34. The van der Waals surface area contributed by atoms with E-state index in [0.717, 1.165) is 12.8 Å². The lowest BCUT2D eigenvalue weighted by molar-refractivity contribution is -0.121. The van der Waals surface area contributed by atoms with Gasteiger partial charge in [-0.3, -0.25) is 4.79 Å². The summed E-state index contributed by atoms with van der Waals surface area (Å²) in [6.07, 6.45) is 3.03. The summed E-state index contributed by atoms with van der Waals surface area (Å²) in [6.45, 7) is 7.00. The minimum absolute atomic E-state index is 0.0484. The lowest BCUT2D eigenvalue weighted by atomic mass is 9.90. The van der Waals surface area contributed by atoms with Crippen LogP contribution >= 0.6 is 0 Å². The first kappa shape index (κ1) is 16.7. The monoisotopic (exact) mass is 277 g/mol. The Hall–Kier alpha value is -1.35. The topological polar surface area (TPSA) is 49.3 Å². The van der Waals surface area contributed by atoms with E-state index in [1.807, 2.05) is 13.8 Å². The highest BCUT2D eigenvalue weighted by molar-refractivity contribution is 5.76. The molecule has 0 spiro atoms. The van der Waals surface area contributed by atoms with Crippen LogP contribution in [-0.4, -0.2) is 24.2 Å². The molecule has 3 nitrogen and oxygen atoms in total. The van der Waals surface area contributed by atoms with Gasteiger partial charge in [0, 0.05) is 19.6 Å². The molecule has 1 amide bonds. The van der Waals surface area contributed by atoms with Crippen LogP contribution in [0.5, 0.6) is 0 Å². The summed E-state index contributed by atoms with van der Waals surface area (Å²) in [6, 6.07) is 8.44. The van der Waals surface area contributed by atoms with Gasteiger partial charge in [0.2, 0.25) is 5.91 Å². The molecule has 0 heterocycles. The Balaban J connectivity index is 2.32. The van der Waals surface area contributed by atoms with Crippen LogP contribution in [0.15, 0.2) is 24.3 Å². The second-order valence-corrected chi connectivity index (χ2v) is 6.08. The largest absolute Gasteiger partial charge is 0.396 e. The maximum atomic E-state index is 11.8. The highest BCUT2D eigenvalue weighted by atomic mass is 16.3. The lowest BCUT2D eigenvalue weighted by Gasteiger charge is -2.23. The highest BCUT2D eigenvalue weighted by Crippen LogP contribution is 2.18. The second-order valence-electron chi connectivity index (χ2n) is 6.08. The van der Waals surface area contributed by atoms with Crippen molar-refractivity contribution in [2.45, 2.75) is 46.5 Å². The van der Waals surface area contributed by atoms with Gasteiger partial charge in [-0.05, 0) is 35.8 Å². The van der Waals surface area contributed by atoms with Gasteiger partial charge in [-0.25, -0.2) is 0 Å². The molecule has 0 aliphatic carbocycles.